The van der Waals surface area contributed by atoms with Crippen molar-refractivity contribution >= 4 is 0 Å². The van der Waals surface area contributed by atoms with Crippen molar-refractivity contribution < 1.29 is 9.47 Å². The molecule has 0 spiro atoms. The molecular formula is C10H18N2O2. The molecule has 3 rings (SSSR count). The maximum absolute atomic E-state index is 5.24. The zero-order chi connectivity index (χ0) is 9.38. The second-order valence-electron chi connectivity index (χ2n) is 4.51. The molecule has 80 valence electrons. The predicted molar refractivity (Wildman–Crippen MR) is 52.4 cm³/mol. The molecule has 4 heteroatoms. The molecule has 3 aliphatic rings. The van der Waals surface area contributed by atoms with Crippen LogP contribution in [0, 0.1) is 0 Å². The maximum atomic E-state index is 5.24. The largest absolute Gasteiger partial charge is 0.372 e. The van der Waals surface area contributed by atoms with E-state index in [0.717, 1.165) is 26.3 Å². The van der Waals surface area contributed by atoms with Crippen molar-refractivity contribution in [3.05, 3.63) is 0 Å². The number of hydrogen-bond acceptors (Lipinski definition) is 4. The summed E-state index contributed by atoms with van der Waals surface area (Å²) in [5.41, 5.74) is 0. The lowest BCUT2D eigenvalue weighted by atomic mass is 10.3. The average molecular weight is 198 g/mol. The zero-order valence-corrected chi connectivity index (χ0v) is 8.52. The second kappa shape index (κ2) is 3.77. The van der Waals surface area contributed by atoms with E-state index in [1.165, 1.54) is 26.2 Å². The van der Waals surface area contributed by atoms with E-state index in [2.05, 4.69) is 9.80 Å². The summed E-state index contributed by atoms with van der Waals surface area (Å²) in [6.07, 6.45) is 1.10. The van der Waals surface area contributed by atoms with Gasteiger partial charge in [-0.3, -0.25) is 9.80 Å². The van der Waals surface area contributed by atoms with Crippen molar-refractivity contribution in [3.8, 4) is 0 Å². The first-order valence-corrected chi connectivity index (χ1v) is 5.58. The van der Waals surface area contributed by atoms with Crippen molar-refractivity contribution in [3.63, 3.8) is 0 Å². The summed E-state index contributed by atoms with van der Waals surface area (Å²) in [5, 5.41) is 0. The summed E-state index contributed by atoms with van der Waals surface area (Å²) in [4.78, 5) is 5.03. The predicted octanol–water partition coefficient (Wildman–Crippen LogP) is -0.598. The van der Waals surface area contributed by atoms with Gasteiger partial charge in [0.15, 0.2) is 0 Å². The third-order valence-corrected chi connectivity index (χ3v) is 3.19. The van der Waals surface area contributed by atoms with E-state index in [9.17, 15) is 0 Å². The number of ether oxygens (including phenoxy) is 2. The standard InChI is InChI=1S/C10H18N2O2/c1-2-12(6-10-8-14-10)4-3-11(1)5-9-7-13-9/h9-10H,1-8H2/t9-,10-/m1/s1. The van der Waals surface area contributed by atoms with Gasteiger partial charge in [-0.25, -0.2) is 0 Å². The Labute approximate surface area is 84.8 Å². The number of hydrogen-bond donors (Lipinski definition) is 0. The third-order valence-electron chi connectivity index (χ3n) is 3.19. The summed E-state index contributed by atoms with van der Waals surface area (Å²) in [5.74, 6) is 0. The van der Waals surface area contributed by atoms with Gasteiger partial charge in [-0.15, -0.1) is 0 Å². The summed E-state index contributed by atoms with van der Waals surface area (Å²) in [6.45, 7) is 9.06. The molecule has 3 aliphatic heterocycles. The van der Waals surface area contributed by atoms with Crippen molar-refractivity contribution in [2.45, 2.75) is 12.2 Å². The van der Waals surface area contributed by atoms with E-state index in [1.807, 2.05) is 0 Å². The van der Waals surface area contributed by atoms with Crippen LogP contribution in [0.1, 0.15) is 0 Å². The maximum Gasteiger partial charge on any atom is 0.0936 e. The molecule has 0 aromatic rings. The van der Waals surface area contributed by atoms with Gasteiger partial charge in [0.2, 0.25) is 0 Å². The fourth-order valence-electron chi connectivity index (χ4n) is 2.08. The molecule has 0 amide bonds. The van der Waals surface area contributed by atoms with Crippen molar-refractivity contribution in [2.75, 3.05) is 52.5 Å². The Balaban J connectivity index is 1.37. The molecule has 3 heterocycles. The van der Waals surface area contributed by atoms with Gasteiger partial charge in [0.1, 0.15) is 0 Å². The van der Waals surface area contributed by atoms with E-state index in [1.54, 1.807) is 0 Å². The minimum atomic E-state index is 0.549. The normalized spacial score (nSPS) is 38.6. The molecule has 0 bridgehead atoms. The van der Waals surface area contributed by atoms with Crippen LogP contribution >= 0.6 is 0 Å². The third kappa shape index (κ3) is 2.45. The average Bonchev–Trinajstić information content (AvgIpc) is 3.02. The minimum Gasteiger partial charge on any atom is -0.372 e. The molecule has 4 nitrogen and oxygen atoms in total. The van der Waals surface area contributed by atoms with Gasteiger partial charge in [0, 0.05) is 39.3 Å². The lowest BCUT2D eigenvalue weighted by molar-refractivity contribution is 0.118. The molecule has 0 aromatic carbocycles. The number of epoxide rings is 2. The van der Waals surface area contributed by atoms with Gasteiger partial charge >= 0.3 is 0 Å². The Morgan fingerprint density at radius 1 is 0.786 bits per heavy atom. The zero-order valence-electron chi connectivity index (χ0n) is 8.52. The van der Waals surface area contributed by atoms with Crippen molar-refractivity contribution in [1.82, 2.24) is 9.80 Å². The van der Waals surface area contributed by atoms with E-state index in [4.69, 9.17) is 9.47 Å². The van der Waals surface area contributed by atoms with E-state index < -0.39 is 0 Å². The molecule has 14 heavy (non-hydrogen) atoms. The van der Waals surface area contributed by atoms with Crippen LogP contribution in [0.2, 0.25) is 0 Å². The minimum absolute atomic E-state index is 0.549. The van der Waals surface area contributed by atoms with E-state index in [0.29, 0.717) is 12.2 Å². The molecular weight excluding hydrogens is 180 g/mol. The lowest BCUT2D eigenvalue weighted by Gasteiger charge is -2.34. The summed E-state index contributed by atoms with van der Waals surface area (Å²) < 4.78 is 10.5. The molecule has 0 aliphatic carbocycles. The smallest absolute Gasteiger partial charge is 0.0936 e. The SMILES string of the molecule is C1O[C@@H]1CN1CCN(C[C@@H]2CO2)CC1. The quantitative estimate of drug-likeness (QED) is 0.565. The monoisotopic (exact) mass is 198 g/mol. The van der Waals surface area contributed by atoms with Crippen LogP contribution in [0.4, 0.5) is 0 Å². The van der Waals surface area contributed by atoms with E-state index >= 15 is 0 Å². The van der Waals surface area contributed by atoms with Crippen LogP contribution in [-0.2, 0) is 9.47 Å². The Hall–Kier alpha value is -0.160. The molecule has 3 fully saturated rings. The first-order chi connectivity index (χ1) is 6.90. The first kappa shape index (κ1) is 9.09. The van der Waals surface area contributed by atoms with Crippen LogP contribution in [0.3, 0.4) is 0 Å². The highest BCUT2D eigenvalue weighted by Gasteiger charge is 2.30. The van der Waals surface area contributed by atoms with Crippen molar-refractivity contribution in [2.24, 2.45) is 0 Å². The molecule has 0 unspecified atom stereocenters. The highest BCUT2D eigenvalue weighted by atomic mass is 16.6. The molecule has 0 aromatic heterocycles. The van der Waals surface area contributed by atoms with Crippen LogP contribution in [0.25, 0.3) is 0 Å². The van der Waals surface area contributed by atoms with Crippen LogP contribution < -0.4 is 0 Å². The van der Waals surface area contributed by atoms with Crippen LogP contribution in [0.15, 0.2) is 0 Å². The Kier molecular flexibility index (Phi) is 2.45. The summed E-state index contributed by atoms with van der Waals surface area (Å²) in [7, 11) is 0. The summed E-state index contributed by atoms with van der Waals surface area (Å²) >= 11 is 0. The topological polar surface area (TPSA) is 31.5 Å². The highest BCUT2D eigenvalue weighted by molar-refractivity contribution is 4.81. The molecule has 3 saturated heterocycles. The number of nitrogens with zero attached hydrogens (tertiary/aromatic N) is 2. The van der Waals surface area contributed by atoms with Gasteiger partial charge in [0.05, 0.1) is 25.4 Å². The Morgan fingerprint density at radius 3 is 1.43 bits per heavy atom. The van der Waals surface area contributed by atoms with Crippen LogP contribution in [-0.4, -0.2) is 74.5 Å². The molecule has 2 atom stereocenters. The summed E-state index contributed by atoms with van der Waals surface area (Å²) in [6, 6.07) is 0. The van der Waals surface area contributed by atoms with Gasteiger partial charge in [-0.2, -0.15) is 0 Å². The Bertz CT molecular complexity index is 174. The lowest BCUT2D eigenvalue weighted by Crippen LogP contribution is -2.48. The second-order valence-corrected chi connectivity index (χ2v) is 4.51. The van der Waals surface area contributed by atoms with Crippen LogP contribution in [0.5, 0.6) is 0 Å². The Morgan fingerprint density at radius 2 is 1.14 bits per heavy atom. The van der Waals surface area contributed by atoms with Crippen molar-refractivity contribution in [1.29, 1.82) is 0 Å². The number of rotatable bonds is 4. The fraction of sp³-hybridized carbons (Fsp3) is 1.00. The van der Waals surface area contributed by atoms with Gasteiger partial charge in [-0.05, 0) is 0 Å². The molecule has 0 radical (unpaired) electrons. The highest BCUT2D eigenvalue weighted by Crippen LogP contribution is 2.15. The van der Waals surface area contributed by atoms with Gasteiger partial charge in [-0.1, -0.05) is 0 Å². The number of piperazine rings is 1. The molecule has 0 saturated carbocycles. The first-order valence-electron chi connectivity index (χ1n) is 5.58. The fourth-order valence-corrected chi connectivity index (χ4v) is 2.08. The van der Waals surface area contributed by atoms with Gasteiger partial charge < -0.3 is 9.47 Å². The molecule has 0 N–H and O–H groups in total. The van der Waals surface area contributed by atoms with E-state index in [-0.39, 0.29) is 0 Å². The van der Waals surface area contributed by atoms with Gasteiger partial charge in [0.25, 0.3) is 0 Å².